The molecule has 6 aliphatic heterocycles. The molecule has 0 aliphatic carbocycles. The van der Waals surface area contributed by atoms with Gasteiger partial charge < -0.3 is 150 Å². The first-order valence-corrected chi connectivity index (χ1v) is 23.0. The standard InChI is InChI=1S/C40H68N2O30/c1-9-19(50)25(56)28(59)38(62-9)72-34-33(71-36-17(41-10(2)48)24(55)20(51)12(4-43)64-36)23(54)15(7-46)67-40(34)69-31-18(42-11(3)49)37(65-13(5-44)21(31)52)70-32-22(53)14(6-45)66-39(29(32)60)68-30-16(8-47)63-35(61)27(58)26(30)57/h9,12-40,43-47,50-61H,4-8H2,1-3H3,(H,41,48)(H,42,49)/t9-,12+,13+,14+,15+,16+,17+,18+,19+,20-,21+,22-,23-,24+,25+,26+,27+,28-,29+,30+,31+,32-,33-,34+,35-,36+,37-,38-,39-,40-/m0/s1. The minimum Gasteiger partial charge on any atom is -0.394 e. The minimum absolute atomic E-state index is 0.794. The molecular formula is C40H68N2O30. The van der Waals surface area contributed by atoms with Crippen LogP contribution in [0.2, 0.25) is 0 Å². The Morgan fingerprint density at radius 3 is 1.33 bits per heavy atom. The van der Waals surface area contributed by atoms with Crippen LogP contribution in [0.3, 0.4) is 0 Å². The second-order valence-electron chi connectivity index (χ2n) is 18.2. The van der Waals surface area contributed by atoms with Gasteiger partial charge in [-0.3, -0.25) is 9.59 Å². The number of carbonyl (C=O) groups is 2. The van der Waals surface area contributed by atoms with E-state index in [2.05, 4.69) is 10.6 Å². The number of hydrogen-bond acceptors (Lipinski definition) is 30. The average Bonchev–Trinajstić information content (AvgIpc) is 3.34. The molecule has 0 bridgehead atoms. The predicted molar refractivity (Wildman–Crippen MR) is 221 cm³/mol. The second kappa shape index (κ2) is 25.3. The SMILES string of the molecule is CC(=O)N[C@H]1[C@@H](O[C@H]2[C@@H](O)[C@@H](CO)O[C@@H](O[C@H]3[C@H](O)[C@@H](CO)O[C@@H](O[C@H]4[C@@H](O)[C@@H](CO)O[C@@H](O[C@H]5[C@H](O)[C@@H](O)[C@@H](O)O[C@@H]5CO)[C@@H]4O)[C@@H]3NC(C)=O)[C@@H]2O[C@@H]2O[C@@H](C)[C@@H](O)[C@@H](O)[C@@H]2O)O[C@H](CO)[C@H](O)[C@@H]1O. The molecule has 0 aromatic rings. The number of aliphatic hydroxyl groups is 17. The highest BCUT2D eigenvalue weighted by atomic mass is 16.8. The van der Waals surface area contributed by atoms with Gasteiger partial charge in [0.15, 0.2) is 37.7 Å². The third-order valence-corrected chi connectivity index (χ3v) is 13.2. The zero-order valence-electron chi connectivity index (χ0n) is 38.8. The molecule has 6 fully saturated rings. The van der Waals surface area contributed by atoms with Gasteiger partial charge in [0, 0.05) is 13.8 Å². The molecule has 6 rings (SSSR count). The number of carbonyl (C=O) groups excluding carboxylic acids is 2. The Morgan fingerprint density at radius 1 is 0.361 bits per heavy atom. The van der Waals surface area contributed by atoms with Crippen molar-refractivity contribution in [2.45, 2.75) is 205 Å². The molecule has 0 radical (unpaired) electrons. The van der Waals surface area contributed by atoms with Gasteiger partial charge in [0.25, 0.3) is 0 Å². The van der Waals surface area contributed by atoms with Crippen LogP contribution in [0.1, 0.15) is 20.8 Å². The van der Waals surface area contributed by atoms with Gasteiger partial charge in [-0.2, -0.15) is 0 Å². The van der Waals surface area contributed by atoms with Crippen molar-refractivity contribution in [1.82, 2.24) is 10.6 Å². The molecule has 6 aliphatic rings. The third-order valence-electron chi connectivity index (χ3n) is 13.2. The van der Waals surface area contributed by atoms with Crippen LogP contribution in [0, 0.1) is 0 Å². The van der Waals surface area contributed by atoms with Crippen molar-refractivity contribution >= 4 is 11.8 Å². The molecule has 32 nitrogen and oxygen atoms in total. The molecule has 2 amide bonds. The summed E-state index contributed by atoms with van der Waals surface area (Å²) in [6, 6.07) is -3.54. The largest absolute Gasteiger partial charge is 0.394 e. The van der Waals surface area contributed by atoms with Gasteiger partial charge in [-0.05, 0) is 6.92 Å². The van der Waals surface area contributed by atoms with Crippen molar-refractivity contribution in [2.24, 2.45) is 0 Å². The lowest BCUT2D eigenvalue weighted by molar-refractivity contribution is -0.401. The Balaban J connectivity index is 1.37. The molecule has 0 spiro atoms. The van der Waals surface area contributed by atoms with Gasteiger partial charge in [-0.25, -0.2) is 0 Å². The molecule has 6 saturated heterocycles. The number of rotatable bonds is 17. The van der Waals surface area contributed by atoms with E-state index in [-0.39, 0.29) is 0 Å². The van der Waals surface area contributed by atoms with Crippen molar-refractivity contribution in [3.8, 4) is 0 Å². The van der Waals surface area contributed by atoms with Crippen LogP contribution in [0.25, 0.3) is 0 Å². The van der Waals surface area contributed by atoms with Gasteiger partial charge >= 0.3 is 0 Å². The van der Waals surface area contributed by atoms with E-state index < -0.39 is 229 Å². The molecule has 32 heteroatoms. The molecule has 72 heavy (non-hydrogen) atoms. The fourth-order valence-corrected chi connectivity index (χ4v) is 9.23. The van der Waals surface area contributed by atoms with Crippen LogP contribution in [0.5, 0.6) is 0 Å². The zero-order chi connectivity index (χ0) is 53.2. The second-order valence-corrected chi connectivity index (χ2v) is 18.2. The maximum atomic E-state index is 13.0. The fraction of sp³-hybridized carbons (Fsp3) is 0.950. The number of ether oxygens (including phenoxy) is 11. The van der Waals surface area contributed by atoms with Crippen molar-refractivity contribution in [1.29, 1.82) is 0 Å². The van der Waals surface area contributed by atoms with E-state index in [0.29, 0.717) is 0 Å². The molecule has 0 saturated carbocycles. The van der Waals surface area contributed by atoms with E-state index in [0.717, 1.165) is 13.8 Å². The Morgan fingerprint density at radius 2 is 0.778 bits per heavy atom. The monoisotopic (exact) mass is 1060 g/mol. The maximum Gasteiger partial charge on any atom is 0.217 e. The lowest BCUT2D eigenvalue weighted by atomic mass is 9.93. The highest BCUT2D eigenvalue weighted by molar-refractivity contribution is 5.73. The Hall–Kier alpha value is -2.18. The molecule has 0 aromatic heterocycles. The van der Waals surface area contributed by atoms with Crippen molar-refractivity contribution in [3.05, 3.63) is 0 Å². The van der Waals surface area contributed by atoms with E-state index in [1.807, 2.05) is 0 Å². The van der Waals surface area contributed by atoms with Crippen molar-refractivity contribution < 1.29 is 149 Å². The van der Waals surface area contributed by atoms with Crippen LogP contribution in [0.4, 0.5) is 0 Å². The Bertz CT molecular complexity index is 1730. The van der Waals surface area contributed by atoms with E-state index >= 15 is 0 Å². The first-order valence-electron chi connectivity index (χ1n) is 23.0. The summed E-state index contributed by atoms with van der Waals surface area (Å²) in [6.07, 6.45) is -53.5. The van der Waals surface area contributed by atoms with E-state index in [1.54, 1.807) is 0 Å². The van der Waals surface area contributed by atoms with Gasteiger partial charge in [-0.1, -0.05) is 0 Å². The fourth-order valence-electron chi connectivity index (χ4n) is 9.23. The Kier molecular flexibility index (Phi) is 20.8. The first-order chi connectivity index (χ1) is 34.0. The van der Waals surface area contributed by atoms with Gasteiger partial charge in [0.1, 0.15) is 140 Å². The first kappa shape index (κ1) is 59.1. The highest BCUT2D eigenvalue weighted by Gasteiger charge is 2.59. The number of aliphatic hydroxyl groups excluding tert-OH is 17. The number of amides is 2. The van der Waals surface area contributed by atoms with Crippen molar-refractivity contribution in [2.75, 3.05) is 33.0 Å². The smallest absolute Gasteiger partial charge is 0.217 e. The summed E-state index contributed by atoms with van der Waals surface area (Å²) in [6.45, 7) is -1.67. The van der Waals surface area contributed by atoms with Gasteiger partial charge in [-0.15, -0.1) is 0 Å². The van der Waals surface area contributed by atoms with Crippen LogP contribution >= 0.6 is 0 Å². The predicted octanol–water partition coefficient (Wildman–Crippen LogP) is -12.8. The highest BCUT2D eigenvalue weighted by Crippen LogP contribution is 2.38. The van der Waals surface area contributed by atoms with Crippen LogP contribution < -0.4 is 10.6 Å². The van der Waals surface area contributed by atoms with Crippen LogP contribution in [-0.2, 0) is 61.7 Å². The molecule has 30 atom stereocenters. The summed E-state index contributed by atoms with van der Waals surface area (Å²) in [7, 11) is 0. The van der Waals surface area contributed by atoms with Crippen LogP contribution in [0.15, 0.2) is 0 Å². The summed E-state index contributed by atoms with van der Waals surface area (Å²) in [5.74, 6) is -1.69. The zero-order valence-corrected chi connectivity index (χ0v) is 38.8. The lowest BCUT2D eigenvalue weighted by Gasteiger charge is -2.52. The normalized spacial score (nSPS) is 50.3. The summed E-state index contributed by atoms with van der Waals surface area (Å²) in [4.78, 5) is 25.3. The molecular weight excluding hydrogens is 988 g/mol. The molecule has 0 aromatic carbocycles. The topological polar surface area (TPSA) is 504 Å². The van der Waals surface area contributed by atoms with Gasteiger partial charge in [0.05, 0.1) is 39.1 Å². The third kappa shape index (κ3) is 12.5. The Labute approximate surface area is 408 Å². The summed E-state index contributed by atoms with van der Waals surface area (Å²) >= 11 is 0. The quantitative estimate of drug-likeness (QED) is 0.0643. The van der Waals surface area contributed by atoms with E-state index in [9.17, 15) is 96.4 Å². The van der Waals surface area contributed by atoms with Crippen LogP contribution in [-0.4, -0.2) is 316 Å². The van der Waals surface area contributed by atoms with Crippen molar-refractivity contribution in [3.63, 3.8) is 0 Å². The summed E-state index contributed by atoms with van der Waals surface area (Å²) < 4.78 is 64.1. The van der Waals surface area contributed by atoms with E-state index in [1.165, 1.54) is 6.92 Å². The average molecular weight is 1060 g/mol. The summed E-state index contributed by atoms with van der Waals surface area (Å²) in [5.41, 5.74) is 0. The van der Waals surface area contributed by atoms with E-state index in [4.69, 9.17) is 52.1 Å². The minimum atomic E-state index is -2.19. The molecule has 418 valence electrons. The number of nitrogens with one attached hydrogen (secondary N) is 2. The molecule has 19 N–H and O–H groups in total. The maximum absolute atomic E-state index is 13.0. The summed E-state index contributed by atoms with van der Waals surface area (Å²) in [5, 5.41) is 187. The number of hydrogen-bond donors (Lipinski definition) is 19. The van der Waals surface area contributed by atoms with Gasteiger partial charge in [0.2, 0.25) is 11.8 Å². The molecule has 0 unspecified atom stereocenters. The lowest BCUT2D eigenvalue weighted by Crippen LogP contribution is -2.71. The molecule has 6 heterocycles.